The molecule has 0 aromatic carbocycles. The van der Waals surface area contributed by atoms with Crippen molar-refractivity contribution in [3.63, 3.8) is 0 Å². The van der Waals surface area contributed by atoms with Crippen LogP contribution in [0.4, 0.5) is 4.79 Å². The van der Waals surface area contributed by atoms with Gasteiger partial charge in [-0.3, -0.25) is 14.4 Å². The number of amides is 2. The van der Waals surface area contributed by atoms with Crippen LogP contribution in [0.1, 0.15) is 49.4 Å². The van der Waals surface area contributed by atoms with Gasteiger partial charge >= 0.3 is 6.09 Å². The minimum Gasteiger partial charge on any atom is -0.444 e. The third kappa shape index (κ3) is 3.47. The molecule has 1 aromatic heterocycles. The Bertz CT molecular complexity index is 673. The van der Waals surface area contributed by atoms with Gasteiger partial charge in [0.15, 0.2) is 0 Å². The number of nitrogens with zero attached hydrogens (tertiary/aromatic N) is 3. The first-order chi connectivity index (χ1) is 11.6. The lowest BCUT2D eigenvalue weighted by atomic mass is 9.97. The van der Waals surface area contributed by atoms with Crippen molar-refractivity contribution >= 4 is 12.0 Å². The summed E-state index contributed by atoms with van der Waals surface area (Å²) in [7, 11) is 0. The van der Waals surface area contributed by atoms with Gasteiger partial charge in [0.05, 0.1) is 43.3 Å². The number of aromatic nitrogens is 2. The van der Waals surface area contributed by atoms with E-state index < -0.39 is 36.4 Å². The number of aliphatic hydroxyl groups is 2. The van der Waals surface area contributed by atoms with Crippen LogP contribution in [0.2, 0.25) is 0 Å². The van der Waals surface area contributed by atoms with Gasteiger partial charge in [-0.1, -0.05) is 6.92 Å². The molecule has 9 heteroatoms. The number of nitrogens with two attached hydrogens (primary N) is 1. The zero-order chi connectivity index (χ0) is 19.0. The predicted octanol–water partition coefficient (Wildman–Crippen LogP) is -0.0250. The van der Waals surface area contributed by atoms with Gasteiger partial charge in [-0.05, 0) is 27.2 Å². The molecule has 0 radical (unpaired) electrons. The average Bonchev–Trinajstić information content (AvgIpc) is 2.91. The van der Waals surface area contributed by atoms with Gasteiger partial charge in [-0.2, -0.15) is 5.10 Å². The van der Waals surface area contributed by atoms with Crippen LogP contribution in [-0.2, 0) is 23.2 Å². The Balaban J connectivity index is 2.54. The normalized spacial score (nSPS) is 16.5. The maximum absolute atomic E-state index is 12.5. The zero-order valence-electron chi connectivity index (χ0n) is 15.1. The number of carbonyl (C=O) groups excluding carboxylic acids is 2. The van der Waals surface area contributed by atoms with Crippen molar-refractivity contribution < 1.29 is 24.5 Å². The summed E-state index contributed by atoms with van der Waals surface area (Å²) in [6, 6.07) is 0. The number of aliphatic hydroxyl groups excluding tert-OH is 2. The third-order valence-corrected chi connectivity index (χ3v) is 4.15. The fraction of sp³-hybridized carbons (Fsp3) is 0.688. The van der Waals surface area contributed by atoms with Gasteiger partial charge in [0.25, 0.3) is 5.91 Å². The summed E-state index contributed by atoms with van der Waals surface area (Å²) in [5, 5.41) is 24.2. The Labute approximate surface area is 146 Å². The number of rotatable bonds is 4. The number of hydrogen-bond donors (Lipinski definition) is 3. The second-order valence-corrected chi connectivity index (χ2v) is 7.27. The van der Waals surface area contributed by atoms with E-state index in [1.54, 1.807) is 20.8 Å². The molecule has 0 fully saturated rings. The molecule has 1 aliphatic heterocycles. The van der Waals surface area contributed by atoms with Crippen molar-refractivity contribution in [3.05, 3.63) is 17.0 Å². The second kappa shape index (κ2) is 6.64. The molecule has 140 valence electrons. The lowest BCUT2D eigenvalue weighted by Gasteiger charge is -2.41. The molecule has 9 nitrogen and oxygen atoms in total. The van der Waals surface area contributed by atoms with E-state index in [0.29, 0.717) is 17.8 Å². The van der Waals surface area contributed by atoms with E-state index in [0.717, 1.165) is 0 Å². The summed E-state index contributed by atoms with van der Waals surface area (Å²) in [5.74, 6) is -0.658. The number of carbonyl (C=O) groups is 2. The molecule has 2 rings (SSSR count). The van der Waals surface area contributed by atoms with Gasteiger partial charge in [0.2, 0.25) is 0 Å². The van der Waals surface area contributed by atoms with Gasteiger partial charge < -0.3 is 20.7 Å². The summed E-state index contributed by atoms with van der Waals surface area (Å²) < 4.78 is 6.82. The van der Waals surface area contributed by atoms with Crippen LogP contribution in [0.25, 0.3) is 0 Å². The number of fused-ring (bicyclic) bond motifs is 1. The SMILES string of the molecule is CCc1nn2c(c1C(N)=O)CN(C(=O)OC(C)(C)C)CC2(CO)CO. The Morgan fingerprint density at radius 3 is 2.36 bits per heavy atom. The van der Waals surface area contributed by atoms with E-state index in [1.807, 2.05) is 6.92 Å². The maximum atomic E-state index is 12.5. The van der Waals surface area contributed by atoms with E-state index in [1.165, 1.54) is 9.58 Å². The van der Waals surface area contributed by atoms with Gasteiger partial charge in [0, 0.05) is 0 Å². The minimum atomic E-state index is -1.25. The average molecular weight is 354 g/mol. The van der Waals surface area contributed by atoms with Crippen LogP contribution >= 0.6 is 0 Å². The third-order valence-electron chi connectivity index (χ3n) is 4.15. The van der Waals surface area contributed by atoms with E-state index in [-0.39, 0.29) is 18.7 Å². The van der Waals surface area contributed by atoms with Crippen molar-refractivity contribution in [1.82, 2.24) is 14.7 Å². The van der Waals surface area contributed by atoms with Crippen LogP contribution in [0.3, 0.4) is 0 Å². The summed E-state index contributed by atoms with van der Waals surface area (Å²) >= 11 is 0. The van der Waals surface area contributed by atoms with Crippen LogP contribution in [0.5, 0.6) is 0 Å². The Morgan fingerprint density at radius 2 is 1.92 bits per heavy atom. The van der Waals surface area contributed by atoms with Crippen LogP contribution in [0.15, 0.2) is 0 Å². The fourth-order valence-electron chi connectivity index (χ4n) is 2.97. The largest absolute Gasteiger partial charge is 0.444 e. The molecular formula is C16H26N4O5. The molecule has 0 bridgehead atoms. The number of hydrogen-bond acceptors (Lipinski definition) is 6. The predicted molar refractivity (Wildman–Crippen MR) is 88.9 cm³/mol. The van der Waals surface area contributed by atoms with E-state index >= 15 is 0 Å². The molecule has 0 spiro atoms. The van der Waals surface area contributed by atoms with Crippen LogP contribution in [-0.4, -0.2) is 62.3 Å². The molecule has 25 heavy (non-hydrogen) atoms. The number of ether oxygens (including phenoxy) is 1. The smallest absolute Gasteiger partial charge is 0.410 e. The molecule has 1 aromatic rings. The monoisotopic (exact) mass is 354 g/mol. The van der Waals surface area contributed by atoms with Crippen LogP contribution in [0, 0.1) is 0 Å². The van der Waals surface area contributed by atoms with Crippen molar-refractivity contribution in [1.29, 1.82) is 0 Å². The molecule has 2 heterocycles. The highest BCUT2D eigenvalue weighted by atomic mass is 16.6. The van der Waals surface area contributed by atoms with Crippen molar-refractivity contribution in [2.45, 2.75) is 51.8 Å². The standard InChI is InChI=1S/C16H26N4O5/c1-5-10-12(13(17)23)11-6-19(14(24)25-15(2,3)4)7-16(8-21,9-22)20(11)18-10/h21-22H,5-9H2,1-4H3,(H2,17,23). The highest BCUT2D eigenvalue weighted by molar-refractivity contribution is 5.95. The minimum absolute atomic E-state index is 0.00491. The molecule has 0 saturated heterocycles. The second-order valence-electron chi connectivity index (χ2n) is 7.27. The summed E-state index contributed by atoms with van der Waals surface area (Å²) in [6.45, 7) is 6.20. The zero-order valence-corrected chi connectivity index (χ0v) is 15.1. The topological polar surface area (TPSA) is 131 Å². The highest BCUT2D eigenvalue weighted by Crippen LogP contribution is 2.31. The molecule has 0 aliphatic carbocycles. The number of primary amides is 1. The summed E-state index contributed by atoms with van der Waals surface area (Å²) in [5.41, 5.74) is 4.65. The molecule has 1 aliphatic rings. The van der Waals surface area contributed by atoms with Crippen molar-refractivity contribution in [2.75, 3.05) is 19.8 Å². The Hall–Kier alpha value is -2.13. The van der Waals surface area contributed by atoms with E-state index in [9.17, 15) is 19.8 Å². The molecule has 2 amide bonds. The first kappa shape index (κ1) is 19.2. The van der Waals surface area contributed by atoms with Gasteiger partial charge in [-0.15, -0.1) is 0 Å². The Morgan fingerprint density at radius 1 is 1.32 bits per heavy atom. The molecule has 0 saturated carbocycles. The lowest BCUT2D eigenvalue weighted by Crippen LogP contribution is -2.57. The van der Waals surface area contributed by atoms with Crippen LogP contribution < -0.4 is 5.73 Å². The highest BCUT2D eigenvalue weighted by Gasteiger charge is 2.44. The lowest BCUT2D eigenvalue weighted by molar-refractivity contribution is -0.0231. The molecule has 0 unspecified atom stereocenters. The van der Waals surface area contributed by atoms with Gasteiger partial charge in [0.1, 0.15) is 11.1 Å². The van der Waals surface area contributed by atoms with Gasteiger partial charge in [-0.25, -0.2) is 4.79 Å². The summed E-state index contributed by atoms with van der Waals surface area (Å²) in [6.07, 6.45) is -0.142. The maximum Gasteiger partial charge on any atom is 0.410 e. The molecule has 4 N–H and O–H groups in total. The molecular weight excluding hydrogens is 328 g/mol. The van der Waals surface area contributed by atoms with E-state index in [4.69, 9.17) is 10.5 Å². The van der Waals surface area contributed by atoms with Crippen molar-refractivity contribution in [2.24, 2.45) is 5.73 Å². The first-order valence-corrected chi connectivity index (χ1v) is 8.19. The first-order valence-electron chi connectivity index (χ1n) is 8.19. The number of aryl methyl sites for hydroxylation is 1. The fourth-order valence-corrected chi connectivity index (χ4v) is 2.97. The van der Waals surface area contributed by atoms with E-state index in [2.05, 4.69) is 5.10 Å². The van der Waals surface area contributed by atoms with Crippen molar-refractivity contribution in [3.8, 4) is 0 Å². The summed E-state index contributed by atoms with van der Waals surface area (Å²) in [4.78, 5) is 25.8. The molecule has 0 atom stereocenters. The quantitative estimate of drug-likeness (QED) is 0.696. The Kier molecular flexibility index (Phi) is 5.10.